The van der Waals surface area contributed by atoms with Gasteiger partial charge in [0, 0.05) is 0 Å². The number of carbonyl (C=O) groups is 1. The molecule has 1 atom stereocenters. The Morgan fingerprint density at radius 3 is 1.26 bits per heavy atom. The molecule has 0 aliphatic heterocycles. The molecule has 0 aromatic heterocycles. The molecule has 0 saturated heterocycles. The average Bonchev–Trinajstić information content (AvgIpc) is 2.54. The molecule has 1 unspecified atom stereocenters. The normalized spacial score (nSPS) is 12.4. The van der Waals surface area contributed by atoms with Gasteiger partial charge in [0.15, 0.2) is 0 Å². The lowest BCUT2D eigenvalue weighted by molar-refractivity contribution is -0.141. The maximum absolute atomic E-state index is 10.7. The molecule has 0 aromatic rings. The van der Waals surface area contributed by atoms with E-state index in [0.717, 1.165) is 12.8 Å². The number of unbranched alkanes of at least 4 members (excludes halogenated alkanes) is 15. The summed E-state index contributed by atoms with van der Waals surface area (Å²) in [4.78, 5) is 10.7. The Hall–Kier alpha value is -0.530. The molecule has 0 aliphatic carbocycles. The van der Waals surface area contributed by atoms with Crippen molar-refractivity contribution in [1.29, 1.82) is 0 Å². The van der Waals surface area contributed by atoms with Crippen molar-refractivity contribution in [1.82, 2.24) is 0 Å². The van der Waals surface area contributed by atoms with E-state index in [9.17, 15) is 4.79 Å². The highest BCUT2D eigenvalue weighted by Gasteiger charge is 2.09. The molecule has 1 N–H and O–H groups in total. The minimum Gasteiger partial charge on any atom is -0.481 e. The van der Waals surface area contributed by atoms with Gasteiger partial charge in [-0.05, 0) is 6.42 Å². The fourth-order valence-corrected chi connectivity index (χ4v) is 3.12. The third kappa shape index (κ3) is 17.7. The van der Waals surface area contributed by atoms with E-state index in [1.54, 1.807) is 0 Å². The van der Waals surface area contributed by atoms with E-state index in [1.807, 2.05) is 6.92 Å². The van der Waals surface area contributed by atoms with Gasteiger partial charge in [0.1, 0.15) is 0 Å². The van der Waals surface area contributed by atoms with Crippen LogP contribution in [-0.2, 0) is 4.79 Å². The highest BCUT2D eigenvalue weighted by molar-refractivity contribution is 5.69. The van der Waals surface area contributed by atoms with Crippen LogP contribution in [0.25, 0.3) is 0 Å². The molecule has 2 nitrogen and oxygen atoms in total. The Morgan fingerprint density at radius 2 is 0.957 bits per heavy atom. The van der Waals surface area contributed by atoms with Crippen molar-refractivity contribution < 1.29 is 9.90 Å². The van der Waals surface area contributed by atoms with Crippen LogP contribution in [0.3, 0.4) is 0 Å². The largest absolute Gasteiger partial charge is 0.481 e. The Balaban J connectivity index is 3.04. The Morgan fingerprint density at radius 1 is 0.652 bits per heavy atom. The van der Waals surface area contributed by atoms with E-state index in [-0.39, 0.29) is 5.92 Å². The number of hydrogen-bond donors (Lipinski definition) is 1. The summed E-state index contributed by atoms with van der Waals surface area (Å²) in [5.41, 5.74) is 0. The zero-order chi connectivity index (χ0) is 17.2. The molecule has 0 spiro atoms. The van der Waals surface area contributed by atoms with Crippen LogP contribution < -0.4 is 0 Å². The second-order valence-electron chi connectivity index (χ2n) is 7.33. The van der Waals surface area contributed by atoms with E-state index >= 15 is 0 Å². The summed E-state index contributed by atoms with van der Waals surface area (Å²) in [5, 5.41) is 8.81. The molecule has 0 rings (SSSR count). The van der Waals surface area contributed by atoms with Crippen molar-refractivity contribution in [3.05, 3.63) is 0 Å². The van der Waals surface area contributed by atoms with Gasteiger partial charge in [0.2, 0.25) is 0 Å². The lowest BCUT2D eigenvalue weighted by Gasteiger charge is -2.05. The van der Waals surface area contributed by atoms with E-state index in [0.29, 0.717) is 0 Å². The van der Waals surface area contributed by atoms with Crippen LogP contribution in [-0.4, -0.2) is 11.1 Å². The molecule has 0 radical (unpaired) electrons. The molecular formula is C21H42O2. The number of carboxylic acids is 1. The third-order valence-electron chi connectivity index (χ3n) is 4.91. The summed E-state index contributed by atoms with van der Waals surface area (Å²) in [6, 6.07) is 0. The fraction of sp³-hybridized carbons (Fsp3) is 0.952. The molecule has 138 valence electrons. The minimum absolute atomic E-state index is 0.165. The van der Waals surface area contributed by atoms with Gasteiger partial charge in [0.05, 0.1) is 5.92 Å². The number of hydrogen-bond acceptors (Lipinski definition) is 1. The van der Waals surface area contributed by atoms with Crippen molar-refractivity contribution in [3.8, 4) is 0 Å². The second kappa shape index (κ2) is 17.8. The summed E-state index contributed by atoms with van der Waals surface area (Å²) in [5.74, 6) is -0.812. The molecular weight excluding hydrogens is 284 g/mol. The Kier molecular flexibility index (Phi) is 17.4. The Bertz CT molecular complexity index is 250. The van der Waals surface area contributed by atoms with Gasteiger partial charge >= 0.3 is 5.97 Å². The number of aliphatic carboxylic acids is 1. The van der Waals surface area contributed by atoms with Crippen LogP contribution >= 0.6 is 0 Å². The number of carboxylic acid groups (broad SMARTS) is 1. The summed E-state index contributed by atoms with van der Waals surface area (Å²) < 4.78 is 0. The molecule has 23 heavy (non-hydrogen) atoms. The van der Waals surface area contributed by atoms with Crippen molar-refractivity contribution >= 4 is 5.97 Å². The van der Waals surface area contributed by atoms with Gasteiger partial charge in [-0.1, -0.05) is 117 Å². The predicted octanol–water partition coefficient (Wildman–Crippen LogP) is 7.36. The van der Waals surface area contributed by atoms with Gasteiger partial charge < -0.3 is 5.11 Å². The molecule has 0 saturated carbocycles. The van der Waals surface area contributed by atoms with Gasteiger partial charge in [-0.25, -0.2) is 0 Å². The first-order valence-corrected chi connectivity index (χ1v) is 10.4. The van der Waals surface area contributed by atoms with Gasteiger partial charge in [-0.15, -0.1) is 0 Å². The average molecular weight is 327 g/mol. The topological polar surface area (TPSA) is 37.3 Å². The standard InChI is InChI=1S/C21H42O2/c1-3-4-5-6-7-8-9-10-11-12-13-14-15-16-17-18-19-20(2)21(22)23/h20H,3-19H2,1-2H3,(H,22,23). The zero-order valence-electron chi connectivity index (χ0n) is 16.0. The maximum atomic E-state index is 10.7. The molecule has 0 amide bonds. The van der Waals surface area contributed by atoms with Crippen molar-refractivity contribution in [3.63, 3.8) is 0 Å². The first kappa shape index (κ1) is 22.5. The quantitative estimate of drug-likeness (QED) is 0.267. The van der Waals surface area contributed by atoms with E-state index in [4.69, 9.17) is 5.11 Å². The Labute approximate surface area is 145 Å². The van der Waals surface area contributed by atoms with Crippen LogP contribution in [0.4, 0.5) is 0 Å². The lowest BCUT2D eigenvalue weighted by atomic mass is 10.0. The van der Waals surface area contributed by atoms with Gasteiger partial charge in [-0.2, -0.15) is 0 Å². The smallest absolute Gasteiger partial charge is 0.306 e. The first-order valence-electron chi connectivity index (χ1n) is 10.4. The minimum atomic E-state index is -0.647. The summed E-state index contributed by atoms with van der Waals surface area (Å²) >= 11 is 0. The SMILES string of the molecule is CCCCCCCCCCCCCCCCCCC(C)C(=O)O. The molecule has 2 heteroatoms. The lowest BCUT2D eigenvalue weighted by Crippen LogP contribution is -2.08. The highest BCUT2D eigenvalue weighted by atomic mass is 16.4. The van der Waals surface area contributed by atoms with Crippen LogP contribution in [0.5, 0.6) is 0 Å². The summed E-state index contributed by atoms with van der Waals surface area (Å²) in [6.45, 7) is 4.09. The fourth-order valence-electron chi connectivity index (χ4n) is 3.12. The van der Waals surface area contributed by atoms with Crippen molar-refractivity contribution in [2.24, 2.45) is 5.92 Å². The van der Waals surface area contributed by atoms with Crippen LogP contribution in [0.1, 0.15) is 123 Å². The van der Waals surface area contributed by atoms with E-state index in [2.05, 4.69) is 6.92 Å². The second-order valence-corrected chi connectivity index (χ2v) is 7.33. The molecule has 0 aliphatic rings. The third-order valence-corrected chi connectivity index (χ3v) is 4.91. The maximum Gasteiger partial charge on any atom is 0.306 e. The van der Waals surface area contributed by atoms with Crippen LogP contribution in [0.15, 0.2) is 0 Å². The zero-order valence-corrected chi connectivity index (χ0v) is 16.0. The number of rotatable bonds is 18. The highest BCUT2D eigenvalue weighted by Crippen LogP contribution is 2.15. The molecule has 0 fully saturated rings. The van der Waals surface area contributed by atoms with Crippen molar-refractivity contribution in [2.45, 2.75) is 123 Å². The molecule has 0 bridgehead atoms. The predicted molar refractivity (Wildman–Crippen MR) is 101 cm³/mol. The van der Waals surface area contributed by atoms with E-state index in [1.165, 1.54) is 96.3 Å². The van der Waals surface area contributed by atoms with Gasteiger partial charge in [-0.3, -0.25) is 4.79 Å². The summed E-state index contributed by atoms with van der Waals surface area (Å²) in [6.07, 6.45) is 22.7. The van der Waals surface area contributed by atoms with Crippen molar-refractivity contribution in [2.75, 3.05) is 0 Å². The van der Waals surface area contributed by atoms with Crippen LogP contribution in [0, 0.1) is 5.92 Å². The molecule has 0 heterocycles. The summed E-state index contributed by atoms with van der Waals surface area (Å²) in [7, 11) is 0. The first-order chi connectivity index (χ1) is 11.2. The molecule has 0 aromatic carbocycles. The van der Waals surface area contributed by atoms with Gasteiger partial charge in [0.25, 0.3) is 0 Å². The van der Waals surface area contributed by atoms with E-state index < -0.39 is 5.97 Å². The van der Waals surface area contributed by atoms with Crippen LogP contribution in [0.2, 0.25) is 0 Å². The monoisotopic (exact) mass is 326 g/mol.